The zero-order valence-electron chi connectivity index (χ0n) is 14.0. The lowest BCUT2D eigenvalue weighted by Crippen LogP contribution is -2.46. The Labute approximate surface area is 146 Å². The molecule has 3 atom stereocenters. The van der Waals surface area contributed by atoms with Gasteiger partial charge in [0.25, 0.3) is 0 Å². The average molecular weight is 337 g/mol. The van der Waals surface area contributed by atoms with E-state index in [4.69, 9.17) is 5.73 Å². The third-order valence-corrected chi connectivity index (χ3v) is 5.33. The minimum absolute atomic E-state index is 0. The van der Waals surface area contributed by atoms with Crippen LogP contribution in [-0.4, -0.2) is 29.4 Å². The lowest BCUT2D eigenvalue weighted by molar-refractivity contribution is -0.138. The molecule has 3 unspecified atom stereocenters. The van der Waals surface area contributed by atoms with E-state index in [1.165, 1.54) is 11.1 Å². The van der Waals surface area contributed by atoms with E-state index in [-0.39, 0.29) is 24.4 Å². The van der Waals surface area contributed by atoms with Crippen LogP contribution in [0.25, 0.3) is 0 Å². The number of benzene rings is 1. The van der Waals surface area contributed by atoms with Crippen molar-refractivity contribution in [2.45, 2.75) is 64.0 Å². The maximum Gasteiger partial charge on any atom is 0.226 e. The molecule has 3 rings (SSSR count). The molecule has 3 nitrogen and oxygen atoms in total. The van der Waals surface area contributed by atoms with E-state index in [2.05, 4.69) is 36.1 Å². The molecule has 0 heterocycles. The second-order valence-corrected chi connectivity index (χ2v) is 6.97. The molecular weight excluding hydrogens is 308 g/mol. The largest absolute Gasteiger partial charge is 0.339 e. The summed E-state index contributed by atoms with van der Waals surface area (Å²) < 4.78 is 0. The van der Waals surface area contributed by atoms with Gasteiger partial charge in [-0.25, -0.2) is 0 Å². The number of carbonyl (C=O) groups is 1. The first-order valence-electron chi connectivity index (χ1n) is 8.82. The molecule has 0 saturated heterocycles. The molecule has 23 heavy (non-hydrogen) atoms. The summed E-state index contributed by atoms with van der Waals surface area (Å²) >= 11 is 0. The van der Waals surface area contributed by atoms with Crippen LogP contribution in [0.15, 0.2) is 24.3 Å². The third kappa shape index (κ3) is 4.07. The number of nitrogens with two attached hydrogens (primary N) is 1. The Balaban J connectivity index is 0.00000192. The molecule has 1 amide bonds. The van der Waals surface area contributed by atoms with E-state index < -0.39 is 0 Å². The van der Waals surface area contributed by atoms with E-state index in [1.54, 1.807) is 0 Å². The maximum absolute atomic E-state index is 13.0. The van der Waals surface area contributed by atoms with Crippen LogP contribution in [0, 0.1) is 5.92 Å². The van der Waals surface area contributed by atoms with E-state index >= 15 is 0 Å². The number of hydrogen-bond donors (Lipinski definition) is 1. The van der Waals surface area contributed by atoms with Crippen molar-refractivity contribution < 1.29 is 4.79 Å². The zero-order valence-corrected chi connectivity index (χ0v) is 14.9. The lowest BCUT2D eigenvalue weighted by atomic mass is 9.87. The Morgan fingerprint density at radius 2 is 1.96 bits per heavy atom. The molecule has 1 saturated carbocycles. The van der Waals surface area contributed by atoms with Crippen LogP contribution < -0.4 is 5.73 Å². The number of carbonyl (C=O) groups excluding carboxylic acids is 1. The van der Waals surface area contributed by atoms with Gasteiger partial charge in [-0.3, -0.25) is 4.79 Å². The molecule has 0 bridgehead atoms. The fraction of sp³-hybridized carbons (Fsp3) is 0.632. The highest BCUT2D eigenvalue weighted by Crippen LogP contribution is 2.30. The minimum Gasteiger partial charge on any atom is -0.339 e. The summed E-state index contributed by atoms with van der Waals surface area (Å²) in [6.07, 6.45) is 7.10. The Hall–Kier alpha value is -1.06. The first-order chi connectivity index (χ1) is 10.7. The predicted molar refractivity (Wildman–Crippen MR) is 96.8 cm³/mol. The highest BCUT2D eigenvalue weighted by molar-refractivity contribution is 5.85. The summed E-state index contributed by atoms with van der Waals surface area (Å²) in [5, 5.41) is 0. The van der Waals surface area contributed by atoms with Crippen LogP contribution in [0.3, 0.4) is 0 Å². The summed E-state index contributed by atoms with van der Waals surface area (Å²) in [5.41, 5.74) is 8.90. The number of hydrogen-bond acceptors (Lipinski definition) is 2. The lowest BCUT2D eigenvalue weighted by Gasteiger charge is -2.36. The van der Waals surface area contributed by atoms with Crippen molar-refractivity contribution in [3.63, 3.8) is 0 Å². The highest BCUT2D eigenvalue weighted by atomic mass is 35.5. The molecule has 1 aromatic carbocycles. The number of amides is 1. The van der Waals surface area contributed by atoms with Gasteiger partial charge < -0.3 is 10.6 Å². The van der Waals surface area contributed by atoms with Gasteiger partial charge in [0.15, 0.2) is 0 Å². The van der Waals surface area contributed by atoms with E-state index in [0.717, 1.165) is 51.5 Å². The summed E-state index contributed by atoms with van der Waals surface area (Å²) in [6.45, 7) is 3.05. The fourth-order valence-electron chi connectivity index (χ4n) is 4.13. The van der Waals surface area contributed by atoms with Crippen LogP contribution >= 0.6 is 12.4 Å². The number of rotatable bonds is 4. The van der Waals surface area contributed by atoms with Gasteiger partial charge in [-0.05, 0) is 56.1 Å². The summed E-state index contributed by atoms with van der Waals surface area (Å²) in [5.74, 6) is 0.526. The number of nitrogens with zero attached hydrogens (tertiary/aromatic N) is 1. The standard InChI is InChI=1S/C19H28N2O.ClH/c1-2-11-21(19(22)16-7-9-17(20)12-16)18-10-8-14-5-3-4-6-15(14)13-18;/h3-6,16-18H,2,7-13,20H2,1H3;1H. The van der Waals surface area contributed by atoms with Gasteiger partial charge in [-0.15, -0.1) is 12.4 Å². The number of halogens is 1. The summed E-state index contributed by atoms with van der Waals surface area (Å²) in [4.78, 5) is 15.1. The summed E-state index contributed by atoms with van der Waals surface area (Å²) in [7, 11) is 0. The van der Waals surface area contributed by atoms with Crippen LogP contribution in [0.2, 0.25) is 0 Å². The SMILES string of the molecule is CCCN(C(=O)C1CCC(N)C1)C1CCc2ccccc2C1.Cl. The van der Waals surface area contributed by atoms with Gasteiger partial charge >= 0.3 is 0 Å². The maximum atomic E-state index is 13.0. The van der Waals surface area contributed by atoms with Crippen molar-refractivity contribution in [1.29, 1.82) is 0 Å². The molecule has 0 aromatic heterocycles. The van der Waals surface area contributed by atoms with Crippen LogP contribution in [0.1, 0.15) is 50.2 Å². The van der Waals surface area contributed by atoms with Crippen molar-refractivity contribution >= 4 is 18.3 Å². The quantitative estimate of drug-likeness (QED) is 0.916. The molecule has 4 heteroatoms. The minimum atomic E-state index is 0. The molecule has 2 N–H and O–H groups in total. The molecule has 2 aliphatic rings. The zero-order chi connectivity index (χ0) is 15.5. The Kier molecular flexibility index (Phi) is 6.49. The topological polar surface area (TPSA) is 46.3 Å². The third-order valence-electron chi connectivity index (χ3n) is 5.33. The second-order valence-electron chi connectivity index (χ2n) is 6.97. The Morgan fingerprint density at radius 1 is 1.22 bits per heavy atom. The first-order valence-corrected chi connectivity index (χ1v) is 8.82. The van der Waals surface area contributed by atoms with Gasteiger partial charge in [0.05, 0.1) is 0 Å². The average Bonchev–Trinajstić information content (AvgIpc) is 2.98. The van der Waals surface area contributed by atoms with Crippen molar-refractivity contribution in [2.24, 2.45) is 11.7 Å². The normalized spacial score (nSPS) is 26.3. The molecule has 1 fully saturated rings. The van der Waals surface area contributed by atoms with Crippen molar-refractivity contribution in [3.05, 3.63) is 35.4 Å². The predicted octanol–water partition coefficient (Wildman–Crippen LogP) is 3.33. The summed E-state index contributed by atoms with van der Waals surface area (Å²) in [6, 6.07) is 9.29. The van der Waals surface area contributed by atoms with E-state index in [0.29, 0.717) is 11.9 Å². The molecule has 1 aromatic rings. The molecule has 128 valence electrons. The second kappa shape index (κ2) is 8.16. The number of aryl methyl sites for hydroxylation is 1. The highest BCUT2D eigenvalue weighted by Gasteiger charge is 2.34. The van der Waals surface area contributed by atoms with Crippen molar-refractivity contribution in [3.8, 4) is 0 Å². The molecule has 0 radical (unpaired) electrons. The Bertz CT molecular complexity index is 534. The van der Waals surface area contributed by atoms with Gasteiger partial charge in [-0.2, -0.15) is 0 Å². The van der Waals surface area contributed by atoms with Gasteiger partial charge in [0.2, 0.25) is 5.91 Å². The Morgan fingerprint density at radius 3 is 2.61 bits per heavy atom. The van der Waals surface area contributed by atoms with E-state index in [9.17, 15) is 4.79 Å². The van der Waals surface area contributed by atoms with Crippen LogP contribution in [0.4, 0.5) is 0 Å². The van der Waals surface area contributed by atoms with E-state index in [1.807, 2.05) is 0 Å². The van der Waals surface area contributed by atoms with Crippen molar-refractivity contribution in [2.75, 3.05) is 6.54 Å². The smallest absolute Gasteiger partial charge is 0.226 e. The molecule has 0 spiro atoms. The first kappa shape index (κ1) is 18.3. The molecule has 2 aliphatic carbocycles. The van der Waals surface area contributed by atoms with Gasteiger partial charge in [0.1, 0.15) is 0 Å². The van der Waals surface area contributed by atoms with Crippen LogP contribution in [0.5, 0.6) is 0 Å². The van der Waals surface area contributed by atoms with Gasteiger partial charge in [-0.1, -0.05) is 31.2 Å². The number of fused-ring (bicyclic) bond motifs is 1. The van der Waals surface area contributed by atoms with Crippen LogP contribution in [-0.2, 0) is 17.6 Å². The van der Waals surface area contributed by atoms with Crippen molar-refractivity contribution in [1.82, 2.24) is 4.90 Å². The fourth-order valence-corrected chi connectivity index (χ4v) is 4.13. The molecular formula is C19H29ClN2O. The van der Waals surface area contributed by atoms with Gasteiger partial charge in [0, 0.05) is 24.5 Å². The molecule has 0 aliphatic heterocycles. The monoisotopic (exact) mass is 336 g/mol.